The van der Waals surface area contributed by atoms with E-state index in [9.17, 15) is 9.59 Å². The van der Waals surface area contributed by atoms with E-state index in [0.29, 0.717) is 26.1 Å². The van der Waals surface area contributed by atoms with E-state index in [1.165, 1.54) is 17.3 Å². The highest BCUT2D eigenvalue weighted by atomic mass is 16.6. The first kappa shape index (κ1) is 14.5. The van der Waals surface area contributed by atoms with Gasteiger partial charge in [0.25, 0.3) is 0 Å². The van der Waals surface area contributed by atoms with Crippen LogP contribution in [-0.4, -0.2) is 70.8 Å². The monoisotopic (exact) mass is 306 g/mol. The van der Waals surface area contributed by atoms with E-state index < -0.39 is 6.09 Å². The minimum atomic E-state index is -0.553. The number of ether oxygens (including phenoxy) is 1. The standard InChI is InChI=1S/C13H18N6O3/c20-12(18-8-5-14-6-9-18)17-10-2-7-19(10)13(21)22-11-15-3-1-4-16-11/h1,3-4,10,14H,2,5-9H2,(H,17,20). The Kier molecular flexibility index (Phi) is 4.33. The summed E-state index contributed by atoms with van der Waals surface area (Å²) in [7, 11) is 0. The first-order chi connectivity index (χ1) is 10.7. The second-order valence-corrected chi connectivity index (χ2v) is 5.08. The number of carbonyl (C=O) groups is 2. The molecule has 0 aliphatic carbocycles. The predicted octanol–water partition coefficient (Wildman–Crippen LogP) is -0.378. The lowest BCUT2D eigenvalue weighted by Gasteiger charge is -2.41. The number of likely N-dealkylation sites (tertiary alicyclic amines) is 1. The normalized spacial score (nSPS) is 21.0. The maximum Gasteiger partial charge on any atom is 0.419 e. The molecule has 2 fully saturated rings. The number of urea groups is 1. The molecule has 2 aliphatic heterocycles. The van der Waals surface area contributed by atoms with Gasteiger partial charge in [-0.3, -0.25) is 4.90 Å². The maximum absolute atomic E-state index is 12.1. The third-order valence-corrected chi connectivity index (χ3v) is 3.67. The van der Waals surface area contributed by atoms with E-state index in [1.54, 1.807) is 11.0 Å². The first-order valence-corrected chi connectivity index (χ1v) is 7.25. The van der Waals surface area contributed by atoms with E-state index in [2.05, 4.69) is 20.6 Å². The van der Waals surface area contributed by atoms with Gasteiger partial charge in [-0.2, -0.15) is 0 Å². The van der Waals surface area contributed by atoms with Crippen molar-refractivity contribution in [3.63, 3.8) is 0 Å². The second kappa shape index (κ2) is 6.56. The lowest BCUT2D eigenvalue weighted by Crippen LogP contribution is -2.63. The molecule has 0 aromatic carbocycles. The Balaban J connectivity index is 1.50. The molecule has 3 amide bonds. The number of amides is 3. The number of aromatic nitrogens is 2. The Bertz CT molecular complexity index is 534. The molecule has 0 bridgehead atoms. The lowest BCUT2D eigenvalue weighted by atomic mass is 10.1. The molecule has 118 valence electrons. The number of nitrogens with zero attached hydrogens (tertiary/aromatic N) is 4. The van der Waals surface area contributed by atoms with E-state index in [-0.39, 0.29) is 18.2 Å². The van der Waals surface area contributed by atoms with Crippen molar-refractivity contribution in [1.29, 1.82) is 0 Å². The summed E-state index contributed by atoms with van der Waals surface area (Å²) in [5.41, 5.74) is 0. The highest BCUT2D eigenvalue weighted by Gasteiger charge is 2.36. The van der Waals surface area contributed by atoms with Crippen molar-refractivity contribution >= 4 is 12.1 Å². The lowest BCUT2D eigenvalue weighted by molar-refractivity contribution is 0.0631. The molecule has 22 heavy (non-hydrogen) atoms. The molecule has 1 atom stereocenters. The van der Waals surface area contributed by atoms with Crippen LogP contribution in [0.25, 0.3) is 0 Å². The zero-order valence-corrected chi connectivity index (χ0v) is 12.1. The molecule has 0 saturated carbocycles. The summed E-state index contributed by atoms with van der Waals surface area (Å²) in [4.78, 5) is 35.0. The van der Waals surface area contributed by atoms with Crippen molar-refractivity contribution in [2.24, 2.45) is 0 Å². The van der Waals surface area contributed by atoms with Crippen molar-refractivity contribution in [1.82, 2.24) is 30.4 Å². The van der Waals surface area contributed by atoms with Crippen LogP contribution < -0.4 is 15.4 Å². The van der Waals surface area contributed by atoms with E-state index in [1.807, 2.05) is 0 Å². The van der Waals surface area contributed by atoms with Crippen LogP contribution in [0.15, 0.2) is 18.5 Å². The van der Waals surface area contributed by atoms with Crippen LogP contribution in [0, 0.1) is 0 Å². The average Bonchev–Trinajstić information content (AvgIpc) is 2.53. The van der Waals surface area contributed by atoms with Crippen molar-refractivity contribution < 1.29 is 14.3 Å². The Morgan fingerprint density at radius 3 is 2.59 bits per heavy atom. The maximum atomic E-state index is 12.1. The van der Waals surface area contributed by atoms with E-state index >= 15 is 0 Å². The molecule has 0 spiro atoms. The summed E-state index contributed by atoms with van der Waals surface area (Å²) in [6, 6.07) is 1.49. The van der Waals surface area contributed by atoms with Gasteiger partial charge in [0.1, 0.15) is 6.17 Å². The first-order valence-electron chi connectivity index (χ1n) is 7.25. The molecule has 9 nitrogen and oxygen atoms in total. The highest BCUT2D eigenvalue weighted by molar-refractivity contribution is 5.76. The van der Waals surface area contributed by atoms with Crippen molar-refractivity contribution in [3.05, 3.63) is 18.5 Å². The Labute approximate surface area is 127 Å². The van der Waals surface area contributed by atoms with Gasteiger partial charge in [-0.1, -0.05) is 0 Å². The van der Waals surface area contributed by atoms with Crippen molar-refractivity contribution in [3.8, 4) is 6.01 Å². The van der Waals surface area contributed by atoms with Crippen LogP contribution in [-0.2, 0) is 0 Å². The SMILES string of the molecule is O=C(NC1CCN1C(=O)Oc1ncccn1)N1CCNCC1. The molecule has 2 N–H and O–H groups in total. The summed E-state index contributed by atoms with van der Waals surface area (Å²) in [6.07, 6.45) is 2.81. The largest absolute Gasteiger partial charge is 0.419 e. The quantitative estimate of drug-likeness (QED) is 0.773. The molecular weight excluding hydrogens is 288 g/mol. The van der Waals surface area contributed by atoms with Crippen LogP contribution in [0.3, 0.4) is 0 Å². The van der Waals surface area contributed by atoms with Gasteiger partial charge in [0.15, 0.2) is 0 Å². The van der Waals surface area contributed by atoms with Gasteiger partial charge < -0.3 is 20.3 Å². The van der Waals surface area contributed by atoms with E-state index in [4.69, 9.17) is 4.74 Å². The molecule has 9 heteroatoms. The number of piperazine rings is 1. The molecular formula is C13H18N6O3. The molecule has 3 heterocycles. The molecule has 1 aromatic rings. The third-order valence-electron chi connectivity index (χ3n) is 3.67. The van der Waals surface area contributed by atoms with Gasteiger partial charge in [0.2, 0.25) is 0 Å². The smallest absolute Gasteiger partial charge is 0.374 e. The fourth-order valence-corrected chi connectivity index (χ4v) is 2.33. The Morgan fingerprint density at radius 1 is 1.23 bits per heavy atom. The van der Waals surface area contributed by atoms with Gasteiger partial charge in [0, 0.05) is 51.5 Å². The molecule has 1 unspecified atom stereocenters. The Morgan fingerprint density at radius 2 is 1.95 bits per heavy atom. The number of rotatable bonds is 2. The fraction of sp³-hybridized carbons (Fsp3) is 0.538. The average molecular weight is 306 g/mol. The van der Waals surface area contributed by atoms with Crippen LogP contribution in [0.5, 0.6) is 6.01 Å². The Hall–Kier alpha value is -2.42. The molecule has 3 rings (SSSR count). The third kappa shape index (κ3) is 3.25. The van der Waals surface area contributed by atoms with Crippen LogP contribution in [0.1, 0.15) is 6.42 Å². The van der Waals surface area contributed by atoms with Crippen LogP contribution in [0.2, 0.25) is 0 Å². The van der Waals surface area contributed by atoms with Gasteiger partial charge in [-0.05, 0) is 6.07 Å². The van der Waals surface area contributed by atoms with Gasteiger partial charge in [-0.15, -0.1) is 0 Å². The van der Waals surface area contributed by atoms with Gasteiger partial charge in [0.05, 0.1) is 0 Å². The summed E-state index contributed by atoms with van der Waals surface area (Å²) in [5, 5.41) is 6.03. The fourth-order valence-electron chi connectivity index (χ4n) is 2.33. The minimum absolute atomic E-state index is 0.00609. The predicted molar refractivity (Wildman–Crippen MR) is 76.1 cm³/mol. The number of hydrogen-bond donors (Lipinski definition) is 2. The summed E-state index contributed by atoms with van der Waals surface area (Å²) in [5.74, 6) is 0. The van der Waals surface area contributed by atoms with Gasteiger partial charge >= 0.3 is 18.1 Å². The molecule has 2 aliphatic rings. The zero-order chi connectivity index (χ0) is 15.4. The zero-order valence-electron chi connectivity index (χ0n) is 12.1. The van der Waals surface area contributed by atoms with Gasteiger partial charge in [-0.25, -0.2) is 19.6 Å². The van der Waals surface area contributed by atoms with Crippen LogP contribution >= 0.6 is 0 Å². The van der Waals surface area contributed by atoms with E-state index in [0.717, 1.165) is 13.1 Å². The summed E-state index contributed by atoms with van der Waals surface area (Å²) >= 11 is 0. The van der Waals surface area contributed by atoms with Crippen LogP contribution in [0.4, 0.5) is 9.59 Å². The number of carbonyl (C=O) groups excluding carboxylic acids is 2. The topological polar surface area (TPSA) is 99.7 Å². The molecule has 2 saturated heterocycles. The molecule has 0 radical (unpaired) electrons. The summed E-state index contributed by atoms with van der Waals surface area (Å²) < 4.78 is 5.07. The second-order valence-electron chi connectivity index (χ2n) is 5.08. The number of nitrogens with one attached hydrogen (secondary N) is 2. The van der Waals surface area contributed by atoms with Crippen molar-refractivity contribution in [2.45, 2.75) is 12.6 Å². The summed E-state index contributed by atoms with van der Waals surface area (Å²) in [6.45, 7) is 3.45. The number of hydrogen-bond acceptors (Lipinski definition) is 6. The molecule has 1 aromatic heterocycles. The van der Waals surface area contributed by atoms with Crippen molar-refractivity contribution in [2.75, 3.05) is 32.7 Å². The highest BCUT2D eigenvalue weighted by Crippen LogP contribution is 2.17. The minimum Gasteiger partial charge on any atom is -0.374 e.